The van der Waals surface area contributed by atoms with Crippen LogP contribution >= 0.6 is 0 Å². The molecule has 0 heterocycles. The zero-order chi connectivity index (χ0) is 10.9. The van der Waals surface area contributed by atoms with E-state index in [2.05, 4.69) is 20.8 Å². The molecule has 0 amide bonds. The van der Waals surface area contributed by atoms with E-state index in [0.29, 0.717) is 0 Å². The van der Waals surface area contributed by atoms with E-state index in [9.17, 15) is 4.39 Å². The summed E-state index contributed by atoms with van der Waals surface area (Å²) in [6.45, 7) is 10.5. The normalized spacial score (nSPS) is 12.2. The molecule has 0 aliphatic heterocycles. The highest BCUT2D eigenvalue weighted by Gasteiger charge is 2.19. The van der Waals surface area contributed by atoms with Gasteiger partial charge in [-0.25, -0.2) is 4.39 Å². The lowest BCUT2D eigenvalue weighted by atomic mass is 9.81. The van der Waals surface area contributed by atoms with Crippen molar-refractivity contribution in [3.63, 3.8) is 0 Å². The molecule has 0 nitrogen and oxygen atoms in total. The second-order valence-electron chi connectivity index (χ2n) is 4.94. The average molecular weight is 193 g/mol. The first kappa shape index (κ1) is 11.2. The average Bonchev–Trinajstić information content (AvgIpc) is 2.01. The summed E-state index contributed by atoms with van der Waals surface area (Å²) in [5.74, 6) is 1.00. The number of hydrogen-bond acceptors (Lipinski definition) is 0. The largest absolute Gasteiger partial charge is 0.207 e. The quantitative estimate of drug-likeness (QED) is 0.630. The first-order valence-electron chi connectivity index (χ1n) is 4.93. The molecule has 1 heteroatoms. The molecule has 0 unspecified atom stereocenters. The van der Waals surface area contributed by atoms with Gasteiger partial charge in [0.15, 0.2) is 0 Å². The van der Waals surface area contributed by atoms with Gasteiger partial charge in [0.05, 0.1) is 0 Å². The van der Waals surface area contributed by atoms with E-state index < -0.39 is 0 Å². The molecule has 77 valence electrons. The van der Waals surface area contributed by atoms with Gasteiger partial charge in [0, 0.05) is 0 Å². The van der Waals surface area contributed by atoms with Crippen LogP contribution in [0.2, 0.25) is 0 Å². The van der Waals surface area contributed by atoms with Gasteiger partial charge >= 0.3 is 0 Å². The fourth-order valence-corrected chi connectivity index (χ4v) is 1.58. The standard InChI is InChI=1S/C13H18F/c1-9(2)11-8-10(14)6-7-12(11)13(3,4)5/h6-8H,1-5H3. The van der Waals surface area contributed by atoms with Gasteiger partial charge in [-0.1, -0.05) is 40.7 Å². The van der Waals surface area contributed by atoms with Crippen molar-refractivity contribution in [2.45, 2.75) is 40.0 Å². The van der Waals surface area contributed by atoms with Crippen LogP contribution in [-0.2, 0) is 5.41 Å². The van der Waals surface area contributed by atoms with Crippen LogP contribution in [0.5, 0.6) is 0 Å². The third-order valence-electron chi connectivity index (χ3n) is 2.33. The highest BCUT2D eigenvalue weighted by Crippen LogP contribution is 2.30. The second-order valence-corrected chi connectivity index (χ2v) is 4.94. The fourth-order valence-electron chi connectivity index (χ4n) is 1.58. The smallest absolute Gasteiger partial charge is 0.123 e. The third-order valence-corrected chi connectivity index (χ3v) is 2.33. The lowest BCUT2D eigenvalue weighted by Crippen LogP contribution is -2.15. The van der Waals surface area contributed by atoms with Crippen molar-refractivity contribution < 1.29 is 4.39 Å². The molecule has 1 aromatic rings. The van der Waals surface area contributed by atoms with E-state index in [4.69, 9.17) is 0 Å². The van der Waals surface area contributed by atoms with Crippen LogP contribution < -0.4 is 0 Å². The maximum absolute atomic E-state index is 13.1. The molecule has 1 rings (SSSR count). The van der Waals surface area contributed by atoms with Crippen LogP contribution in [0.1, 0.15) is 45.7 Å². The Labute approximate surface area is 86.2 Å². The van der Waals surface area contributed by atoms with Crippen molar-refractivity contribution >= 4 is 0 Å². The highest BCUT2D eigenvalue weighted by molar-refractivity contribution is 5.41. The lowest BCUT2D eigenvalue weighted by Gasteiger charge is -2.24. The molecule has 1 aromatic carbocycles. The van der Waals surface area contributed by atoms with E-state index in [1.54, 1.807) is 6.07 Å². The van der Waals surface area contributed by atoms with Crippen LogP contribution in [0.25, 0.3) is 0 Å². The zero-order valence-corrected chi connectivity index (χ0v) is 9.61. The molecule has 1 radical (unpaired) electrons. The maximum Gasteiger partial charge on any atom is 0.123 e. The van der Waals surface area contributed by atoms with Crippen molar-refractivity contribution in [2.24, 2.45) is 0 Å². The fraction of sp³-hybridized carbons (Fsp3) is 0.462. The molecule has 0 aliphatic rings. The Morgan fingerprint density at radius 2 is 1.71 bits per heavy atom. The van der Waals surface area contributed by atoms with Crippen LogP contribution in [0.3, 0.4) is 0 Å². The minimum absolute atomic E-state index is 0.0697. The van der Waals surface area contributed by atoms with Gasteiger partial charge in [-0.2, -0.15) is 0 Å². The van der Waals surface area contributed by atoms with Crippen molar-refractivity contribution in [1.29, 1.82) is 0 Å². The van der Waals surface area contributed by atoms with E-state index in [1.165, 1.54) is 11.6 Å². The van der Waals surface area contributed by atoms with Gasteiger partial charge in [-0.15, -0.1) is 0 Å². The Hall–Kier alpha value is -0.850. The molecule has 0 N–H and O–H groups in total. The third kappa shape index (κ3) is 2.34. The van der Waals surface area contributed by atoms with E-state index in [0.717, 1.165) is 11.5 Å². The summed E-state index contributed by atoms with van der Waals surface area (Å²) in [5, 5.41) is 0. The van der Waals surface area contributed by atoms with E-state index in [1.807, 2.05) is 19.9 Å². The summed E-state index contributed by atoms with van der Waals surface area (Å²) in [6, 6.07) is 5.04. The molecular formula is C13H18F. The molecule has 0 spiro atoms. The summed E-state index contributed by atoms with van der Waals surface area (Å²) >= 11 is 0. The van der Waals surface area contributed by atoms with Crippen molar-refractivity contribution in [1.82, 2.24) is 0 Å². The number of rotatable bonds is 1. The summed E-state index contributed by atoms with van der Waals surface area (Å²) in [5.41, 5.74) is 2.32. The van der Waals surface area contributed by atoms with Gasteiger partial charge in [-0.05, 0) is 34.6 Å². The summed E-state index contributed by atoms with van der Waals surface area (Å²) in [4.78, 5) is 0. The van der Waals surface area contributed by atoms with Gasteiger partial charge in [-0.3, -0.25) is 0 Å². The van der Waals surface area contributed by atoms with Gasteiger partial charge in [0.1, 0.15) is 5.82 Å². The van der Waals surface area contributed by atoms with Crippen molar-refractivity contribution in [3.05, 3.63) is 41.1 Å². The first-order chi connectivity index (χ1) is 6.32. The molecule has 0 fully saturated rings. The molecular weight excluding hydrogens is 175 g/mol. The monoisotopic (exact) mass is 193 g/mol. The zero-order valence-electron chi connectivity index (χ0n) is 9.61. The Balaban J connectivity index is 3.29. The van der Waals surface area contributed by atoms with Crippen molar-refractivity contribution in [3.8, 4) is 0 Å². The molecule has 0 saturated heterocycles. The lowest BCUT2D eigenvalue weighted by molar-refractivity contribution is 0.576. The number of benzene rings is 1. The Morgan fingerprint density at radius 1 is 1.14 bits per heavy atom. The minimum Gasteiger partial charge on any atom is -0.207 e. The van der Waals surface area contributed by atoms with E-state index >= 15 is 0 Å². The molecule has 0 bridgehead atoms. The van der Waals surface area contributed by atoms with Crippen LogP contribution in [0.4, 0.5) is 4.39 Å². The molecule has 0 saturated carbocycles. The topological polar surface area (TPSA) is 0 Å². The minimum atomic E-state index is -0.158. The van der Waals surface area contributed by atoms with E-state index in [-0.39, 0.29) is 11.2 Å². The van der Waals surface area contributed by atoms with Crippen molar-refractivity contribution in [2.75, 3.05) is 0 Å². The molecule has 14 heavy (non-hydrogen) atoms. The predicted octanol–water partition coefficient (Wildman–Crippen LogP) is 4.09. The Kier molecular flexibility index (Phi) is 2.98. The molecule has 0 aliphatic carbocycles. The van der Waals surface area contributed by atoms with Gasteiger partial charge < -0.3 is 0 Å². The second kappa shape index (κ2) is 3.72. The molecule has 0 aromatic heterocycles. The van der Waals surface area contributed by atoms with Crippen LogP contribution in [-0.4, -0.2) is 0 Å². The summed E-state index contributed by atoms with van der Waals surface area (Å²) in [6.07, 6.45) is 0. The van der Waals surface area contributed by atoms with Gasteiger partial charge in [0.25, 0.3) is 0 Å². The highest BCUT2D eigenvalue weighted by atomic mass is 19.1. The Bertz CT molecular complexity index is 318. The Morgan fingerprint density at radius 3 is 2.14 bits per heavy atom. The number of halogens is 1. The molecule has 0 atom stereocenters. The number of hydrogen-bond donors (Lipinski definition) is 0. The first-order valence-corrected chi connectivity index (χ1v) is 4.93. The summed E-state index contributed by atoms with van der Waals surface area (Å²) < 4.78 is 13.1. The van der Waals surface area contributed by atoms with Crippen LogP contribution in [0, 0.1) is 11.7 Å². The predicted molar refractivity (Wildman–Crippen MR) is 58.8 cm³/mol. The summed E-state index contributed by atoms with van der Waals surface area (Å²) in [7, 11) is 0. The SMILES string of the molecule is C[C](C)c1cc(F)ccc1C(C)(C)C. The maximum atomic E-state index is 13.1. The van der Waals surface area contributed by atoms with Gasteiger partial charge in [0.2, 0.25) is 0 Å². The van der Waals surface area contributed by atoms with Crippen LogP contribution in [0.15, 0.2) is 18.2 Å².